The Kier molecular flexibility index (Phi) is 5.24. The van der Waals surface area contributed by atoms with E-state index in [4.69, 9.17) is 28.3 Å². The Morgan fingerprint density at radius 1 is 1.53 bits per heavy atom. The van der Waals surface area contributed by atoms with Crippen LogP contribution < -0.4 is 0 Å². The van der Waals surface area contributed by atoms with Crippen molar-refractivity contribution in [1.82, 2.24) is 4.31 Å². The van der Waals surface area contributed by atoms with E-state index in [-0.39, 0.29) is 15.8 Å². The molecule has 4 nitrogen and oxygen atoms in total. The summed E-state index contributed by atoms with van der Waals surface area (Å²) >= 11 is 12.5. The van der Waals surface area contributed by atoms with Crippen molar-refractivity contribution in [2.75, 3.05) is 13.6 Å². The Labute approximate surface area is 115 Å². The summed E-state index contributed by atoms with van der Waals surface area (Å²) in [6.07, 6.45) is -0.181. The van der Waals surface area contributed by atoms with Crippen LogP contribution in [0.15, 0.2) is 11.0 Å². The van der Waals surface area contributed by atoms with Crippen LogP contribution in [-0.4, -0.2) is 37.5 Å². The number of hydrogen-bond acceptors (Lipinski definition) is 4. The number of sulfonamides is 1. The van der Waals surface area contributed by atoms with Crippen molar-refractivity contribution in [2.45, 2.75) is 24.3 Å². The maximum Gasteiger partial charge on any atom is 0.245 e. The van der Waals surface area contributed by atoms with Gasteiger partial charge in [0.1, 0.15) is 9.23 Å². The molecule has 0 saturated heterocycles. The van der Waals surface area contributed by atoms with Gasteiger partial charge in [-0.3, -0.25) is 0 Å². The average molecular weight is 318 g/mol. The second-order valence-electron chi connectivity index (χ2n) is 3.65. The van der Waals surface area contributed by atoms with Crippen molar-refractivity contribution in [3.8, 4) is 0 Å². The van der Waals surface area contributed by atoms with Gasteiger partial charge in [-0.25, -0.2) is 12.7 Å². The largest absolute Gasteiger partial charge is 0.393 e. The molecule has 1 heterocycles. The molecule has 17 heavy (non-hydrogen) atoms. The highest BCUT2D eigenvalue weighted by Gasteiger charge is 2.25. The Bertz CT molecular complexity index is 484. The van der Waals surface area contributed by atoms with E-state index < -0.39 is 16.1 Å². The van der Waals surface area contributed by atoms with Crippen LogP contribution in [0.1, 0.15) is 13.3 Å². The second kappa shape index (κ2) is 5.86. The molecule has 0 spiro atoms. The Balaban J connectivity index is 2.91. The van der Waals surface area contributed by atoms with Crippen molar-refractivity contribution in [3.63, 3.8) is 0 Å². The van der Waals surface area contributed by atoms with Gasteiger partial charge in [0.15, 0.2) is 0 Å². The molecule has 0 radical (unpaired) electrons. The topological polar surface area (TPSA) is 57.6 Å². The summed E-state index contributed by atoms with van der Waals surface area (Å²) in [5.41, 5.74) is 0. The van der Waals surface area contributed by atoms with E-state index in [1.54, 1.807) is 6.92 Å². The standard InChI is InChI=1S/C9H13Cl2NO3S2/c1-6(13)3-4-12(2)17(14,15)7-5-8(10)16-9(7)11/h5-6,13H,3-4H2,1-2H3. The highest BCUT2D eigenvalue weighted by molar-refractivity contribution is 7.89. The van der Waals surface area contributed by atoms with E-state index in [1.807, 2.05) is 0 Å². The van der Waals surface area contributed by atoms with Gasteiger partial charge in [0.2, 0.25) is 10.0 Å². The normalized spacial score (nSPS) is 14.2. The fourth-order valence-corrected chi connectivity index (χ4v) is 4.45. The summed E-state index contributed by atoms with van der Waals surface area (Å²) in [4.78, 5) is 0.0160. The molecule has 1 unspecified atom stereocenters. The van der Waals surface area contributed by atoms with E-state index in [2.05, 4.69) is 0 Å². The molecule has 0 fully saturated rings. The molecule has 1 atom stereocenters. The van der Waals surface area contributed by atoms with Gasteiger partial charge in [-0.1, -0.05) is 23.2 Å². The lowest BCUT2D eigenvalue weighted by atomic mass is 10.3. The van der Waals surface area contributed by atoms with Crippen LogP contribution in [0.5, 0.6) is 0 Å². The maximum atomic E-state index is 12.1. The van der Waals surface area contributed by atoms with Gasteiger partial charge in [0, 0.05) is 13.6 Å². The van der Waals surface area contributed by atoms with E-state index in [9.17, 15) is 8.42 Å². The second-order valence-corrected chi connectivity index (χ2v) is 7.95. The van der Waals surface area contributed by atoms with Crippen LogP contribution in [-0.2, 0) is 10.0 Å². The Hall–Kier alpha value is 0.150. The van der Waals surface area contributed by atoms with E-state index in [0.29, 0.717) is 10.8 Å². The first kappa shape index (κ1) is 15.2. The monoisotopic (exact) mass is 317 g/mol. The molecule has 1 aromatic rings. The lowest BCUT2D eigenvalue weighted by molar-refractivity contribution is 0.177. The van der Waals surface area contributed by atoms with Gasteiger partial charge < -0.3 is 5.11 Å². The van der Waals surface area contributed by atoms with Gasteiger partial charge >= 0.3 is 0 Å². The third-order valence-electron chi connectivity index (χ3n) is 2.18. The molecular formula is C9H13Cl2NO3S2. The van der Waals surface area contributed by atoms with Gasteiger partial charge in [-0.15, -0.1) is 11.3 Å². The number of aliphatic hydroxyl groups excluding tert-OH is 1. The number of halogens is 2. The summed E-state index contributed by atoms with van der Waals surface area (Å²) in [6.45, 7) is 1.83. The maximum absolute atomic E-state index is 12.1. The summed E-state index contributed by atoms with van der Waals surface area (Å²) in [5.74, 6) is 0. The first-order valence-electron chi connectivity index (χ1n) is 4.84. The minimum absolute atomic E-state index is 0.0160. The number of nitrogens with zero attached hydrogens (tertiary/aromatic N) is 1. The van der Waals surface area contributed by atoms with Crippen molar-refractivity contribution in [2.24, 2.45) is 0 Å². The smallest absolute Gasteiger partial charge is 0.245 e. The van der Waals surface area contributed by atoms with Crippen LogP contribution in [0, 0.1) is 0 Å². The summed E-state index contributed by atoms with van der Waals surface area (Å²) in [5, 5.41) is 9.13. The molecule has 1 N–H and O–H groups in total. The first-order chi connectivity index (χ1) is 7.75. The minimum Gasteiger partial charge on any atom is -0.393 e. The fraction of sp³-hybridized carbons (Fsp3) is 0.556. The first-order valence-corrected chi connectivity index (χ1v) is 7.85. The Morgan fingerprint density at radius 3 is 2.53 bits per heavy atom. The third kappa shape index (κ3) is 3.81. The van der Waals surface area contributed by atoms with E-state index in [0.717, 1.165) is 15.6 Å². The summed E-state index contributed by atoms with van der Waals surface area (Å²) in [6, 6.07) is 1.34. The molecule has 0 aromatic carbocycles. The van der Waals surface area contributed by atoms with Crippen molar-refractivity contribution >= 4 is 44.6 Å². The van der Waals surface area contributed by atoms with E-state index >= 15 is 0 Å². The van der Waals surface area contributed by atoms with Gasteiger partial charge in [0.25, 0.3) is 0 Å². The molecule has 98 valence electrons. The molecule has 0 aliphatic carbocycles. The van der Waals surface area contributed by atoms with E-state index in [1.165, 1.54) is 13.1 Å². The molecule has 8 heteroatoms. The van der Waals surface area contributed by atoms with Crippen molar-refractivity contribution < 1.29 is 13.5 Å². The number of thiophene rings is 1. The van der Waals surface area contributed by atoms with Gasteiger partial charge in [-0.2, -0.15) is 0 Å². The van der Waals surface area contributed by atoms with Crippen LogP contribution in [0.4, 0.5) is 0 Å². The molecule has 0 saturated carbocycles. The molecular weight excluding hydrogens is 305 g/mol. The highest BCUT2D eigenvalue weighted by atomic mass is 35.5. The Morgan fingerprint density at radius 2 is 2.12 bits per heavy atom. The number of rotatable bonds is 5. The molecule has 0 aliphatic heterocycles. The molecule has 0 bridgehead atoms. The molecule has 1 rings (SSSR count). The summed E-state index contributed by atoms with van der Waals surface area (Å²) < 4.78 is 25.8. The molecule has 0 aliphatic rings. The van der Waals surface area contributed by atoms with Crippen LogP contribution in [0.2, 0.25) is 8.67 Å². The van der Waals surface area contributed by atoms with Crippen LogP contribution in [0.3, 0.4) is 0 Å². The lowest BCUT2D eigenvalue weighted by Crippen LogP contribution is -2.29. The van der Waals surface area contributed by atoms with Crippen LogP contribution in [0.25, 0.3) is 0 Å². The number of aliphatic hydroxyl groups is 1. The zero-order valence-electron chi connectivity index (χ0n) is 9.35. The van der Waals surface area contributed by atoms with Crippen LogP contribution >= 0.6 is 34.5 Å². The summed E-state index contributed by atoms with van der Waals surface area (Å²) in [7, 11) is -2.18. The van der Waals surface area contributed by atoms with Gasteiger partial charge in [-0.05, 0) is 19.4 Å². The van der Waals surface area contributed by atoms with Gasteiger partial charge in [0.05, 0.1) is 10.4 Å². The molecule has 1 aromatic heterocycles. The number of hydrogen-bond donors (Lipinski definition) is 1. The quantitative estimate of drug-likeness (QED) is 0.907. The predicted molar refractivity (Wildman–Crippen MR) is 70.5 cm³/mol. The SMILES string of the molecule is CC(O)CCN(C)S(=O)(=O)c1cc(Cl)sc1Cl. The fourth-order valence-electron chi connectivity index (χ4n) is 1.16. The zero-order chi connectivity index (χ0) is 13.2. The average Bonchev–Trinajstić information content (AvgIpc) is 2.54. The van der Waals surface area contributed by atoms with Crippen molar-refractivity contribution in [1.29, 1.82) is 0 Å². The lowest BCUT2D eigenvalue weighted by Gasteiger charge is -2.17. The predicted octanol–water partition coefficient (Wildman–Crippen LogP) is 2.45. The van der Waals surface area contributed by atoms with Crippen molar-refractivity contribution in [3.05, 3.63) is 14.7 Å². The zero-order valence-corrected chi connectivity index (χ0v) is 12.5. The molecule has 0 amide bonds. The third-order valence-corrected chi connectivity index (χ3v) is 5.79. The highest BCUT2D eigenvalue weighted by Crippen LogP contribution is 2.35. The minimum atomic E-state index is -3.63.